The average molecular weight is 274 g/mol. The molecule has 3 nitrogen and oxygen atoms in total. The number of carbonyl (C=O) groups is 1. The lowest BCUT2D eigenvalue weighted by Crippen LogP contribution is -2.39. The van der Waals surface area contributed by atoms with Gasteiger partial charge in [0.15, 0.2) is 0 Å². The minimum atomic E-state index is 0.143. The van der Waals surface area contributed by atoms with E-state index in [4.69, 9.17) is 0 Å². The van der Waals surface area contributed by atoms with Gasteiger partial charge < -0.3 is 5.32 Å². The summed E-state index contributed by atoms with van der Waals surface area (Å²) in [7, 11) is 0. The van der Waals surface area contributed by atoms with Gasteiger partial charge in [-0.2, -0.15) is 0 Å². The maximum absolute atomic E-state index is 12.1. The van der Waals surface area contributed by atoms with Crippen LogP contribution in [0.4, 0.5) is 0 Å². The predicted octanol–water partition coefficient (Wildman–Crippen LogP) is 2.81. The Kier molecular flexibility index (Phi) is 5.60. The smallest absolute Gasteiger partial charge is 0.234 e. The summed E-state index contributed by atoms with van der Waals surface area (Å²) in [5, 5.41) is 3.02. The molecule has 1 aliphatic rings. The molecule has 0 spiro atoms. The van der Waals surface area contributed by atoms with Crippen molar-refractivity contribution in [3.63, 3.8) is 0 Å². The highest BCUT2D eigenvalue weighted by Crippen LogP contribution is 2.27. The Morgan fingerprint density at radius 1 is 1.30 bits per heavy atom. The van der Waals surface area contributed by atoms with Crippen LogP contribution in [0.15, 0.2) is 30.3 Å². The minimum Gasteiger partial charge on any atom is -0.351 e. The minimum absolute atomic E-state index is 0.143. The standard InChI is InChI=1S/C17H26N2O/c1-14(2)10-11-19(16-8-9-16)13-17(20)18-12-15-6-4-3-5-7-15/h3-7,14,16H,8-13H2,1-2H3,(H,18,20). The average Bonchev–Trinajstić information content (AvgIpc) is 3.26. The van der Waals surface area contributed by atoms with Crippen molar-refractivity contribution in [1.29, 1.82) is 0 Å². The molecule has 3 heteroatoms. The molecule has 20 heavy (non-hydrogen) atoms. The van der Waals surface area contributed by atoms with Crippen molar-refractivity contribution >= 4 is 5.91 Å². The first kappa shape index (κ1) is 15.0. The van der Waals surface area contributed by atoms with Gasteiger partial charge in [-0.05, 0) is 37.3 Å². The molecular weight excluding hydrogens is 248 g/mol. The topological polar surface area (TPSA) is 32.3 Å². The number of nitrogens with one attached hydrogen (secondary N) is 1. The van der Waals surface area contributed by atoms with Gasteiger partial charge in [-0.3, -0.25) is 9.69 Å². The van der Waals surface area contributed by atoms with Crippen LogP contribution in [-0.2, 0) is 11.3 Å². The molecule has 1 aromatic rings. The van der Waals surface area contributed by atoms with Gasteiger partial charge in [0.2, 0.25) is 5.91 Å². The van der Waals surface area contributed by atoms with Gasteiger partial charge in [-0.25, -0.2) is 0 Å². The monoisotopic (exact) mass is 274 g/mol. The fraction of sp³-hybridized carbons (Fsp3) is 0.588. The van der Waals surface area contributed by atoms with Gasteiger partial charge in [0, 0.05) is 12.6 Å². The van der Waals surface area contributed by atoms with Gasteiger partial charge in [0.1, 0.15) is 0 Å². The van der Waals surface area contributed by atoms with Crippen LogP contribution < -0.4 is 5.32 Å². The van der Waals surface area contributed by atoms with Crippen LogP contribution in [0.3, 0.4) is 0 Å². The quantitative estimate of drug-likeness (QED) is 0.790. The van der Waals surface area contributed by atoms with Gasteiger partial charge >= 0.3 is 0 Å². The van der Waals surface area contributed by atoms with E-state index in [0.29, 0.717) is 25.0 Å². The van der Waals surface area contributed by atoms with Crippen LogP contribution in [0.2, 0.25) is 0 Å². The highest BCUT2D eigenvalue weighted by Gasteiger charge is 2.29. The first-order chi connectivity index (χ1) is 9.65. The van der Waals surface area contributed by atoms with Crippen LogP contribution in [0, 0.1) is 5.92 Å². The van der Waals surface area contributed by atoms with Crippen molar-refractivity contribution in [3.8, 4) is 0 Å². The Hall–Kier alpha value is -1.35. The summed E-state index contributed by atoms with van der Waals surface area (Å²) in [5.74, 6) is 0.841. The highest BCUT2D eigenvalue weighted by atomic mass is 16.2. The summed E-state index contributed by atoms with van der Waals surface area (Å²) in [4.78, 5) is 14.4. The highest BCUT2D eigenvalue weighted by molar-refractivity contribution is 5.78. The fourth-order valence-electron chi connectivity index (χ4n) is 2.29. The molecule has 1 saturated carbocycles. The van der Waals surface area contributed by atoms with Gasteiger partial charge in [-0.1, -0.05) is 44.2 Å². The third-order valence-electron chi connectivity index (χ3n) is 3.74. The molecule has 0 heterocycles. The summed E-state index contributed by atoms with van der Waals surface area (Å²) in [6.45, 7) is 6.69. The molecule has 0 aliphatic heterocycles. The molecule has 1 amide bonds. The second-order valence-electron chi connectivity index (χ2n) is 6.15. The van der Waals surface area contributed by atoms with Crippen LogP contribution in [-0.4, -0.2) is 29.9 Å². The molecule has 0 unspecified atom stereocenters. The largest absolute Gasteiger partial charge is 0.351 e. The number of hydrogen-bond acceptors (Lipinski definition) is 2. The summed E-state index contributed by atoms with van der Waals surface area (Å²) in [6.07, 6.45) is 3.68. The number of nitrogens with zero attached hydrogens (tertiary/aromatic N) is 1. The summed E-state index contributed by atoms with van der Waals surface area (Å²) in [6, 6.07) is 10.7. The van der Waals surface area contributed by atoms with Gasteiger partial charge in [-0.15, -0.1) is 0 Å². The molecule has 2 rings (SSSR count). The van der Waals surface area contributed by atoms with Crippen LogP contribution in [0.25, 0.3) is 0 Å². The van der Waals surface area contributed by atoms with Gasteiger partial charge in [0.05, 0.1) is 6.54 Å². The van der Waals surface area contributed by atoms with E-state index in [1.165, 1.54) is 19.3 Å². The molecule has 0 aromatic heterocycles. The Bertz CT molecular complexity index is 412. The van der Waals surface area contributed by atoms with Crippen LogP contribution >= 0.6 is 0 Å². The molecule has 0 bridgehead atoms. The van der Waals surface area contributed by atoms with Crippen molar-refractivity contribution in [1.82, 2.24) is 10.2 Å². The van der Waals surface area contributed by atoms with Crippen molar-refractivity contribution in [2.75, 3.05) is 13.1 Å². The molecular formula is C17H26N2O. The Morgan fingerprint density at radius 2 is 2.00 bits per heavy atom. The lowest BCUT2D eigenvalue weighted by molar-refractivity contribution is -0.122. The molecule has 1 fully saturated rings. The van der Waals surface area contributed by atoms with Gasteiger partial charge in [0.25, 0.3) is 0 Å². The molecule has 0 saturated heterocycles. The Morgan fingerprint density at radius 3 is 2.60 bits per heavy atom. The Balaban J connectivity index is 1.73. The predicted molar refractivity (Wildman–Crippen MR) is 82.3 cm³/mol. The van der Waals surface area contributed by atoms with Crippen LogP contribution in [0.1, 0.15) is 38.7 Å². The third-order valence-corrected chi connectivity index (χ3v) is 3.74. The van der Waals surface area contributed by atoms with E-state index < -0.39 is 0 Å². The fourth-order valence-corrected chi connectivity index (χ4v) is 2.29. The zero-order chi connectivity index (χ0) is 14.4. The third kappa shape index (κ3) is 5.33. The Labute approximate surface area is 122 Å². The molecule has 1 aromatic carbocycles. The maximum atomic E-state index is 12.1. The molecule has 0 atom stereocenters. The van der Waals surface area contributed by atoms with E-state index in [0.717, 1.165) is 12.1 Å². The number of rotatable bonds is 8. The molecule has 1 aliphatic carbocycles. The normalized spacial score (nSPS) is 14.8. The maximum Gasteiger partial charge on any atom is 0.234 e. The summed E-state index contributed by atoms with van der Waals surface area (Å²) >= 11 is 0. The summed E-state index contributed by atoms with van der Waals surface area (Å²) in [5.41, 5.74) is 1.15. The molecule has 1 N–H and O–H groups in total. The zero-order valence-electron chi connectivity index (χ0n) is 12.6. The number of benzene rings is 1. The number of carbonyl (C=O) groups excluding carboxylic acids is 1. The van der Waals surface area contributed by atoms with E-state index >= 15 is 0 Å². The van der Waals surface area contributed by atoms with E-state index in [-0.39, 0.29) is 5.91 Å². The van der Waals surface area contributed by atoms with Crippen molar-refractivity contribution in [3.05, 3.63) is 35.9 Å². The van der Waals surface area contributed by atoms with Crippen molar-refractivity contribution in [2.24, 2.45) is 5.92 Å². The first-order valence-electron chi connectivity index (χ1n) is 7.70. The van der Waals surface area contributed by atoms with E-state index in [1.54, 1.807) is 0 Å². The lowest BCUT2D eigenvalue weighted by atomic mass is 10.1. The SMILES string of the molecule is CC(C)CCN(CC(=O)NCc1ccccc1)C1CC1. The van der Waals surface area contributed by atoms with E-state index in [1.807, 2.05) is 30.3 Å². The number of hydrogen-bond donors (Lipinski definition) is 1. The van der Waals surface area contributed by atoms with Crippen molar-refractivity contribution < 1.29 is 4.79 Å². The van der Waals surface area contributed by atoms with Crippen LogP contribution in [0.5, 0.6) is 0 Å². The van der Waals surface area contributed by atoms with Crippen molar-refractivity contribution in [2.45, 2.75) is 45.7 Å². The molecule has 0 radical (unpaired) electrons. The lowest BCUT2D eigenvalue weighted by Gasteiger charge is -2.22. The molecule has 110 valence electrons. The van der Waals surface area contributed by atoms with E-state index in [9.17, 15) is 4.79 Å². The first-order valence-corrected chi connectivity index (χ1v) is 7.70. The summed E-state index contributed by atoms with van der Waals surface area (Å²) < 4.78 is 0. The van der Waals surface area contributed by atoms with E-state index in [2.05, 4.69) is 24.1 Å². The zero-order valence-corrected chi connectivity index (χ0v) is 12.6. The number of amides is 1. The second-order valence-corrected chi connectivity index (χ2v) is 6.15. The second kappa shape index (κ2) is 7.44.